The largest absolute Gasteiger partial charge is 0.496 e. The molecule has 3 aromatic rings. The van der Waals surface area contributed by atoms with Crippen molar-refractivity contribution < 1.29 is 9.53 Å². The van der Waals surface area contributed by atoms with Crippen LogP contribution in [0.25, 0.3) is 17.0 Å². The van der Waals surface area contributed by atoms with Crippen LogP contribution in [0.3, 0.4) is 0 Å². The zero-order chi connectivity index (χ0) is 18.3. The number of nitrogens with zero attached hydrogens (tertiary/aromatic N) is 1. The van der Waals surface area contributed by atoms with Crippen molar-refractivity contribution in [3.8, 4) is 5.75 Å². The average molecular weight is 346 g/mol. The summed E-state index contributed by atoms with van der Waals surface area (Å²) in [6.07, 6.45) is 3.87. The highest BCUT2D eigenvalue weighted by Gasteiger charge is 2.33. The summed E-state index contributed by atoms with van der Waals surface area (Å²) in [4.78, 5) is 18.4. The number of amides is 1. The Morgan fingerprint density at radius 1 is 1.12 bits per heavy atom. The second kappa shape index (κ2) is 6.06. The lowest BCUT2D eigenvalue weighted by atomic mass is 9.82. The number of aromatic nitrogens is 1. The van der Waals surface area contributed by atoms with Gasteiger partial charge in [-0.2, -0.15) is 0 Å². The molecule has 0 bridgehead atoms. The highest BCUT2D eigenvalue weighted by molar-refractivity contribution is 5.98. The predicted octanol–water partition coefficient (Wildman–Crippen LogP) is 4.58. The van der Waals surface area contributed by atoms with E-state index < -0.39 is 0 Å². The van der Waals surface area contributed by atoms with Crippen molar-refractivity contribution in [2.45, 2.75) is 19.3 Å². The molecule has 132 valence electrons. The molecule has 1 aliphatic heterocycles. The predicted molar refractivity (Wildman–Crippen MR) is 104 cm³/mol. The number of para-hydroxylation sites is 2. The zero-order valence-corrected chi connectivity index (χ0v) is 15.2. The highest BCUT2D eigenvalue weighted by atomic mass is 16.5. The number of carbonyl (C=O) groups is 1. The first-order valence-corrected chi connectivity index (χ1v) is 8.74. The number of aromatic amines is 1. The maximum absolute atomic E-state index is 13.1. The van der Waals surface area contributed by atoms with Gasteiger partial charge in [0.1, 0.15) is 5.75 Å². The van der Waals surface area contributed by atoms with Gasteiger partial charge in [0.25, 0.3) is 5.91 Å². The maximum Gasteiger partial charge on any atom is 0.261 e. The van der Waals surface area contributed by atoms with Gasteiger partial charge in [-0.3, -0.25) is 4.79 Å². The van der Waals surface area contributed by atoms with Crippen LogP contribution in [0.4, 0.5) is 0 Å². The van der Waals surface area contributed by atoms with E-state index in [0.29, 0.717) is 17.9 Å². The van der Waals surface area contributed by atoms with E-state index in [9.17, 15) is 4.79 Å². The van der Waals surface area contributed by atoms with Crippen LogP contribution in [0.1, 0.15) is 35.5 Å². The van der Waals surface area contributed by atoms with Gasteiger partial charge >= 0.3 is 0 Å². The Bertz CT molecular complexity index is 1010. The number of methoxy groups -OCH3 is 1. The third kappa shape index (κ3) is 2.58. The Morgan fingerprint density at radius 2 is 1.85 bits per heavy atom. The van der Waals surface area contributed by atoms with Gasteiger partial charge in [0.2, 0.25) is 0 Å². The zero-order valence-electron chi connectivity index (χ0n) is 15.2. The summed E-state index contributed by atoms with van der Waals surface area (Å²) in [5.74, 6) is 0.540. The third-order valence-electron chi connectivity index (χ3n) is 5.00. The van der Waals surface area contributed by atoms with Crippen molar-refractivity contribution in [2.24, 2.45) is 0 Å². The van der Waals surface area contributed by atoms with Crippen LogP contribution < -0.4 is 4.74 Å². The quantitative estimate of drug-likeness (QED) is 0.738. The molecule has 4 nitrogen and oxygen atoms in total. The van der Waals surface area contributed by atoms with Crippen LogP contribution in [0.5, 0.6) is 5.75 Å². The number of fused-ring (bicyclic) bond motifs is 3. The first-order valence-electron chi connectivity index (χ1n) is 8.74. The Labute approximate surface area is 153 Å². The van der Waals surface area contributed by atoms with E-state index in [0.717, 1.165) is 11.2 Å². The van der Waals surface area contributed by atoms with Crippen molar-refractivity contribution in [3.05, 3.63) is 71.6 Å². The van der Waals surface area contributed by atoms with Gasteiger partial charge in [0.05, 0.1) is 12.7 Å². The summed E-state index contributed by atoms with van der Waals surface area (Å²) in [7, 11) is 1.59. The summed E-state index contributed by atoms with van der Waals surface area (Å²) in [6.45, 7) is 4.96. The molecule has 0 saturated carbocycles. The maximum atomic E-state index is 13.1. The summed E-state index contributed by atoms with van der Waals surface area (Å²) >= 11 is 0. The first-order chi connectivity index (χ1) is 12.5. The van der Waals surface area contributed by atoms with Crippen molar-refractivity contribution in [3.63, 3.8) is 0 Å². The number of hydrogen-bond donors (Lipinski definition) is 1. The molecule has 0 aliphatic carbocycles. The Balaban J connectivity index is 1.77. The van der Waals surface area contributed by atoms with Crippen molar-refractivity contribution in [2.75, 3.05) is 13.7 Å². The molecule has 1 N–H and O–H groups in total. The lowest BCUT2D eigenvalue weighted by molar-refractivity contribution is 0.0798. The van der Waals surface area contributed by atoms with Crippen LogP contribution in [0.2, 0.25) is 0 Å². The molecular formula is C22H22N2O2. The smallest absolute Gasteiger partial charge is 0.261 e. The van der Waals surface area contributed by atoms with E-state index in [-0.39, 0.29) is 11.3 Å². The van der Waals surface area contributed by atoms with Crippen LogP contribution >= 0.6 is 0 Å². The molecule has 1 amide bonds. The summed E-state index contributed by atoms with van der Waals surface area (Å²) < 4.78 is 5.37. The van der Waals surface area contributed by atoms with Gasteiger partial charge in [-0.15, -0.1) is 0 Å². The van der Waals surface area contributed by atoms with Gasteiger partial charge < -0.3 is 14.6 Å². The van der Waals surface area contributed by atoms with Crippen molar-refractivity contribution in [1.82, 2.24) is 9.88 Å². The fourth-order valence-corrected chi connectivity index (χ4v) is 3.85. The van der Waals surface area contributed by atoms with Gasteiger partial charge in [-0.05, 0) is 29.8 Å². The molecule has 4 heteroatoms. The minimum absolute atomic E-state index is 0.0544. The molecule has 4 rings (SSSR count). The molecule has 0 unspecified atom stereocenters. The number of rotatable bonds is 2. The average Bonchev–Trinajstić information content (AvgIpc) is 2.97. The molecule has 26 heavy (non-hydrogen) atoms. The molecule has 0 fully saturated rings. The van der Waals surface area contributed by atoms with E-state index in [2.05, 4.69) is 37.0 Å². The molecule has 1 aliphatic rings. The summed E-state index contributed by atoms with van der Waals surface area (Å²) in [5.41, 5.74) is 3.81. The molecule has 0 saturated heterocycles. The fourth-order valence-electron chi connectivity index (χ4n) is 3.85. The number of benzene rings is 2. The molecule has 1 aromatic heterocycles. The lowest BCUT2D eigenvalue weighted by Crippen LogP contribution is -2.37. The molecule has 2 aromatic carbocycles. The van der Waals surface area contributed by atoms with Gasteiger partial charge in [-0.25, -0.2) is 0 Å². The van der Waals surface area contributed by atoms with Gasteiger partial charge in [0, 0.05) is 34.8 Å². The summed E-state index contributed by atoms with van der Waals surface area (Å²) in [6, 6.07) is 15.7. The van der Waals surface area contributed by atoms with Crippen LogP contribution in [-0.2, 0) is 5.41 Å². The lowest BCUT2D eigenvalue weighted by Gasteiger charge is -2.30. The Kier molecular flexibility index (Phi) is 3.83. The van der Waals surface area contributed by atoms with E-state index in [1.54, 1.807) is 12.0 Å². The second-order valence-electron chi connectivity index (χ2n) is 7.29. The molecule has 0 radical (unpaired) electrons. The molecular weight excluding hydrogens is 324 g/mol. The number of carbonyl (C=O) groups excluding carboxylic acids is 1. The Hall–Kier alpha value is -3.01. The second-order valence-corrected chi connectivity index (χ2v) is 7.29. The first kappa shape index (κ1) is 16.5. The van der Waals surface area contributed by atoms with E-state index >= 15 is 0 Å². The van der Waals surface area contributed by atoms with Crippen molar-refractivity contribution in [1.29, 1.82) is 0 Å². The highest BCUT2D eigenvalue weighted by Crippen LogP contribution is 2.37. The van der Waals surface area contributed by atoms with Crippen LogP contribution in [-0.4, -0.2) is 29.4 Å². The minimum atomic E-state index is -0.198. The van der Waals surface area contributed by atoms with E-state index in [1.165, 1.54) is 10.9 Å². The van der Waals surface area contributed by atoms with Gasteiger partial charge in [-0.1, -0.05) is 44.2 Å². The van der Waals surface area contributed by atoms with Crippen LogP contribution in [0.15, 0.2) is 54.7 Å². The number of hydrogen-bond acceptors (Lipinski definition) is 2. The normalized spacial score (nSPS) is 15.6. The minimum Gasteiger partial charge on any atom is -0.496 e. The molecule has 2 heterocycles. The molecule has 0 atom stereocenters. The van der Waals surface area contributed by atoms with Gasteiger partial charge in [0.15, 0.2) is 0 Å². The SMILES string of the molecule is COc1ccccc1C(=O)N1C=Cc2[nH]c3ccccc3c2C(C)(C)C1. The van der Waals surface area contributed by atoms with Crippen LogP contribution in [0, 0.1) is 0 Å². The number of H-pyrrole nitrogens is 1. The number of ether oxygens (including phenoxy) is 1. The third-order valence-corrected chi connectivity index (χ3v) is 5.00. The van der Waals surface area contributed by atoms with E-state index in [1.807, 2.05) is 42.6 Å². The Morgan fingerprint density at radius 3 is 2.65 bits per heavy atom. The standard InChI is InChI=1S/C22H22N2O2/c1-22(2)14-24(21(25)16-9-5-7-11-19(16)26-3)13-12-18-20(22)15-8-4-6-10-17(15)23-18/h4-13,23H,14H2,1-3H3. The topological polar surface area (TPSA) is 45.3 Å². The summed E-state index contributed by atoms with van der Waals surface area (Å²) in [5, 5.41) is 1.21. The number of nitrogens with one attached hydrogen (secondary N) is 1. The van der Waals surface area contributed by atoms with Crippen molar-refractivity contribution >= 4 is 22.9 Å². The molecule has 0 spiro atoms. The fraction of sp³-hybridized carbons (Fsp3) is 0.227. The monoisotopic (exact) mass is 346 g/mol. The van der Waals surface area contributed by atoms with E-state index in [4.69, 9.17) is 4.74 Å².